The van der Waals surface area contributed by atoms with E-state index in [9.17, 15) is 9.59 Å². The van der Waals surface area contributed by atoms with Gasteiger partial charge in [-0.05, 0) is 12.8 Å². The van der Waals surface area contributed by atoms with Gasteiger partial charge in [-0.25, -0.2) is 4.98 Å². The van der Waals surface area contributed by atoms with Crippen LogP contribution in [0.3, 0.4) is 0 Å². The van der Waals surface area contributed by atoms with E-state index in [1.807, 2.05) is 0 Å². The van der Waals surface area contributed by atoms with E-state index in [0.717, 1.165) is 18.7 Å². The van der Waals surface area contributed by atoms with Crippen LogP contribution in [0.5, 0.6) is 0 Å². The van der Waals surface area contributed by atoms with Gasteiger partial charge in [0.1, 0.15) is 18.0 Å². The summed E-state index contributed by atoms with van der Waals surface area (Å²) in [7, 11) is 0. The summed E-state index contributed by atoms with van der Waals surface area (Å²) in [6.45, 7) is 3.49. The molecule has 2 aliphatic rings. The number of aryl methyl sites for hydroxylation is 1. The molecule has 0 aliphatic carbocycles. The van der Waals surface area contributed by atoms with Gasteiger partial charge in [0.05, 0.1) is 13.2 Å². The van der Waals surface area contributed by atoms with E-state index in [1.54, 1.807) is 4.90 Å². The first-order chi connectivity index (χ1) is 10.7. The highest BCUT2D eigenvalue weighted by atomic mass is 16.5. The molecule has 1 aromatic heterocycles. The maximum atomic E-state index is 12.4. The summed E-state index contributed by atoms with van der Waals surface area (Å²) in [5.41, 5.74) is 0. The summed E-state index contributed by atoms with van der Waals surface area (Å²) in [4.78, 5) is 29.9. The third kappa shape index (κ3) is 3.11. The van der Waals surface area contributed by atoms with Crippen LogP contribution in [-0.4, -0.2) is 57.6 Å². The second kappa shape index (κ2) is 6.43. The second-order valence-corrected chi connectivity index (χ2v) is 5.69. The Balaban J connectivity index is 1.63. The van der Waals surface area contributed by atoms with E-state index >= 15 is 0 Å². The summed E-state index contributed by atoms with van der Waals surface area (Å²) in [6, 6.07) is -0.394. The summed E-state index contributed by atoms with van der Waals surface area (Å²) in [5.74, 6) is 1.34. The maximum Gasteiger partial charge on any atom is 0.245 e. The second-order valence-electron chi connectivity index (χ2n) is 5.69. The number of nitrogens with zero attached hydrogens (tertiary/aromatic N) is 3. The molecule has 2 N–H and O–H groups in total. The molecule has 0 aromatic carbocycles. The number of hydrogen-bond donors (Lipinski definition) is 2. The molecule has 2 atom stereocenters. The molecule has 0 unspecified atom stereocenters. The van der Waals surface area contributed by atoms with Gasteiger partial charge in [-0.3, -0.25) is 14.7 Å². The fourth-order valence-corrected chi connectivity index (χ4v) is 2.83. The number of hydrogen-bond acceptors (Lipinski definition) is 5. The molecule has 0 spiro atoms. The number of morpholine rings is 1. The largest absolute Gasteiger partial charge is 0.366 e. The number of amides is 2. The van der Waals surface area contributed by atoms with E-state index in [-0.39, 0.29) is 17.9 Å². The molecule has 3 rings (SSSR count). The van der Waals surface area contributed by atoms with Gasteiger partial charge in [0.2, 0.25) is 11.8 Å². The van der Waals surface area contributed by atoms with Crippen molar-refractivity contribution in [2.75, 3.05) is 19.7 Å². The van der Waals surface area contributed by atoms with Crippen molar-refractivity contribution in [2.45, 2.75) is 44.8 Å². The molecular weight excluding hydrogens is 286 g/mol. The zero-order valence-electron chi connectivity index (χ0n) is 12.7. The van der Waals surface area contributed by atoms with Crippen LogP contribution in [0.4, 0.5) is 0 Å². The Kier molecular flexibility index (Phi) is 4.37. The Morgan fingerprint density at radius 1 is 1.50 bits per heavy atom. The number of rotatable bonds is 4. The lowest BCUT2D eigenvalue weighted by Crippen LogP contribution is -2.49. The monoisotopic (exact) mass is 307 g/mol. The predicted octanol–water partition coefficient (Wildman–Crippen LogP) is -0.0643. The van der Waals surface area contributed by atoms with Gasteiger partial charge in [-0.2, -0.15) is 5.10 Å². The summed E-state index contributed by atoms with van der Waals surface area (Å²) < 4.78 is 5.69. The van der Waals surface area contributed by atoms with Crippen molar-refractivity contribution < 1.29 is 14.3 Å². The van der Waals surface area contributed by atoms with Crippen LogP contribution in [0.15, 0.2) is 0 Å². The van der Waals surface area contributed by atoms with Crippen molar-refractivity contribution in [1.29, 1.82) is 0 Å². The number of ether oxygens (including phenoxy) is 1. The number of nitrogens with one attached hydrogen (secondary N) is 2. The molecule has 3 heterocycles. The van der Waals surface area contributed by atoms with E-state index in [2.05, 4.69) is 27.4 Å². The minimum atomic E-state index is -0.394. The van der Waals surface area contributed by atoms with Gasteiger partial charge in [-0.15, -0.1) is 0 Å². The van der Waals surface area contributed by atoms with Crippen molar-refractivity contribution in [2.24, 2.45) is 0 Å². The van der Waals surface area contributed by atoms with Crippen molar-refractivity contribution in [3.05, 3.63) is 11.6 Å². The molecular formula is C14H21N5O3. The van der Waals surface area contributed by atoms with Crippen molar-refractivity contribution in [1.82, 2.24) is 25.4 Å². The predicted molar refractivity (Wildman–Crippen MR) is 76.8 cm³/mol. The lowest BCUT2D eigenvalue weighted by atomic mass is 10.1. The fraction of sp³-hybridized carbons (Fsp3) is 0.714. The van der Waals surface area contributed by atoms with Crippen LogP contribution < -0.4 is 5.32 Å². The lowest BCUT2D eigenvalue weighted by Gasteiger charge is -2.33. The minimum Gasteiger partial charge on any atom is -0.366 e. The molecule has 120 valence electrons. The first kappa shape index (κ1) is 15.0. The summed E-state index contributed by atoms with van der Waals surface area (Å²) in [5, 5.41) is 9.82. The number of aromatic amines is 1. The molecule has 2 saturated heterocycles. The quantitative estimate of drug-likeness (QED) is 0.811. The van der Waals surface area contributed by atoms with Crippen LogP contribution in [0, 0.1) is 0 Å². The number of carbonyl (C=O) groups is 2. The Morgan fingerprint density at radius 3 is 3.09 bits per heavy atom. The number of H-pyrrole nitrogens is 1. The van der Waals surface area contributed by atoms with Gasteiger partial charge in [-0.1, -0.05) is 6.92 Å². The van der Waals surface area contributed by atoms with Gasteiger partial charge < -0.3 is 15.0 Å². The average Bonchev–Trinajstić information content (AvgIpc) is 3.16. The van der Waals surface area contributed by atoms with Crippen molar-refractivity contribution in [3.8, 4) is 0 Å². The van der Waals surface area contributed by atoms with Crippen LogP contribution in [-0.2, 0) is 20.7 Å². The standard InChI is InChI=1S/C14H21N5O3/c1-2-3-11-16-13(18-17-11)10-8-19(6-7-22-10)14(21)9-4-5-12(20)15-9/h9-10H,2-8H2,1H3,(H,15,20)(H,16,17,18)/t9-,10-/m1/s1. The molecule has 0 bridgehead atoms. The van der Waals surface area contributed by atoms with E-state index in [4.69, 9.17) is 4.74 Å². The summed E-state index contributed by atoms with van der Waals surface area (Å²) in [6.07, 6.45) is 2.52. The molecule has 0 radical (unpaired) electrons. The molecule has 22 heavy (non-hydrogen) atoms. The smallest absolute Gasteiger partial charge is 0.245 e. The Morgan fingerprint density at radius 2 is 2.36 bits per heavy atom. The molecule has 0 saturated carbocycles. The van der Waals surface area contributed by atoms with Crippen LogP contribution >= 0.6 is 0 Å². The van der Waals surface area contributed by atoms with Crippen LogP contribution in [0.25, 0.3) is 0 Å². The first-order valence-electron chi connectivity index (χ1n) is 7.78. The lowest BCUT2D eigenvalue weighted by molar-refractivity contribution is -0.142. The molecule has 8 heteroatoms. The molecule has 2 aliphatic heterocycles. The minimum absolute atomic E-state index is 0.0385. The summed E-state index contributed by atoms with van der Waals surface area (Å²) >= 11 is 0. The third-order valence-corrected chi connectivity index (χ3v) is 4.00. The van der Waals surface area contributed by atoms with Gasteiger partial charge in [0, 0.05) is 19.4 Å². The fourth-order valence-electron chi connectivity index (χ4n) is 2.83. The van der Waals surface area contributed by atoms with Gasteiger partial charge in [0.15, 0.2) is 5.82 Å². The van der Waals surface area contributed by atoms with E-state index < -0.39 is 6.04 Å². The normalized spacial score (nSPS) is 25.3. The number of carbonyl (C=O) groups excluding carboxylic acids is 2. The van der Waals surface area contributed by atoms with Crippen molar-refractivity contribution >= 4 is 11.8 Å². The highest BCUT2D eigenvalue weighted by Crippen LogP contribution is 2.21. The zero-order valence-corrected chi connectivity index (χ0v) is 12.7. The van der Waals surface area contributed by atoms with Crippen LogP contribution in [0.1, 0.15) is 43.9 Å². The zero-order chi connectivity index (χ0) is 15.5. The van der Waals surface area contributed by atoms with E-state index in [0.29, 0.717) is 38.4 Å². The maximum absolute atomic E-state index is 12.4. The van der Waals surface area contributed by atoms with Crippen molar-refractivity contribution in [3.63, 3.8) is 0 Å². The van der Waals surface area contributed by atoms with Crippen LogP contribution in [0.2, 0.25) is 0 Å². The highest BCUT2D eigenvalue weighted by Gasteiger charge is 2.34. The molecule has 2 amide bonds. The third-order valence-electron chi connectivity index (χ3n) is 4.00. The SMILES string of the molecule is CCCc1nc([C@H]2CN(C(=O)[C@H]3CCC(=O)N3)CCO2)n[nH]1. The first-order valence-corrected chi connectivity index (χ1v) is 7.78. The Hall–Kier alpha value is -1.96. The van der Waals surface area contributed by atoms with Gasteiger partial charge in [0.25, 0.3) is 0 Å². The Bertz CT molecular complexity index is 558. The molecule has 8 nitrogen and oxygen atoms in total. The topological polar surface area (TPSA) is 100 Å². The highest BCUT2D eigenvalue weighted by molar-refractivity contribution is 5.90. The van der Waals surface area contributed by atoms with E-state index in [1.165, 1.54) is 0 Å². The molecule has 1 aromatic rings. The average molecular weight is 307 g/mol. The van der Waals surface area contributed by atoms with Gasteiger partial charge >= 0.3 is 0 Å². The molecule has 2 fully saturated rings. The number of aromatic nitrogens is 3. The Labute approximate surface area is 128 Å².